The van der Waals surface area contributed by atoms with E-state index < -0.39 is 107 Å². The minimum atomic E-state index is -5.55. The number of hydrogen-bond acceptors (Lipinski definition) is 19. The highest BCUT2D eigenvalue weighted by Crippen LogP contribution is 2.60. The normalized spacial score (nSPS) is 20.1. The van der Waals surface area contributed by atoms with Gasteiger partial charge in [0.25, 0.3) is 0 Å². The molecule has 0 aromatic carbocycles. The molecule has 78 heavy (non-hydrogen) atoms. The van der Waals surface area contributed by atoms with E-state index in [0.29, 0.717) is 6.42 Å². The number of nitrogen functional groups attached to an aromatic ring is 1. The van der Waals surface area contributed by atoms with Gasteiger partial charge in [-0.1, -0.05) is 159 Å². The summed E-state index contributed by atoms with van der Waals surface area (Å²) in [5, 5.41) is 40.5. The Labute approximate surface area is 464 Å². The van der Waals surface area contributed by atoms with Gasteiger partial charge in [0.1, 0.15) is 36.8 Å². The first-order valence-corrected chi connectivity index (χ1v) is 31.5. The number of hydrogen-bond donors (Lipinski definition) is 8. The van der Waals surface area contributed by atoms with E-state index in [9.17, 15) is 53.4 Å². The summed E-state index contributed by atoms with van der Waals surface area (Å²) in [7, 11) is -11.1. The summed E-state index contributed by atoms with van der Waals surface area (Å²) in [6.45, 7) is 3.92. The molecule has 2 heterocycles. The van der Waals surface area contributed by atoms with Crippen LogP contribution in [0.15, 0.2) is 65.7 Å². The number of nitrogens with zero attached hydrogens (tertiary/aromatic N) is 2. The van der Waals surface area contributed by atoms with Gasteiger partial charge >= 0.3 is 39.2 Å². The number of allylic oxidation sites excluding steroid dienone is 7. The molecule has 1 aliphatic heterocycles. The van der Waals surface area contributed by atoms with Crippen molar-refractivity contribution in [3.63, 3.8) is 0 Å². The van der Waals surface area contributed by atoms with Crippen LogP contribution in [0.25, 0.3) is 0 Å². The zero-order valence-corrected chi connectivity index (χ0v) is 48.4. The number of phosphoric ester groups is 2. The van der Waals surface area contributed by atoms with E-state index in [1.54, 1.807) is 18.2 Å². The molecule has 0 aliphatic carbocycles. The Morgan fingerprint density at radius 1 is 0.821 bits per heavy atom. The zero-order valence-electron chi connectivity index (χ0n) is 45.8. The lowest BCUT2D eigenvalue weighted by Crippen LogP contribution is -2.38. The number of aliphatic carboxylic acids is 1. The fourth-order valence-electron chi connectivity index (χ4n) is 7.94. The van der Waals surface area contributed by atoms with Crippen molar-refractivity contribution in [2.45, 2.75) is 210 Å². The van der Waals surface area contributed by atoms with Gasteiger partial charge in [0.2, 0.25) is 0 Å². The van der Waals surface area contributed by atoms with Crippen LogP contribution in [-0.4, -0.2) is 125 Å². The van der Waals surface area contributed by atoms with Gasteiger partial charge in [-0.3, -0.25) is 28.0 Å². The maximum Gasteiger partial charge on any atom is 0.481 e. The predicted molar refractivity (Wildman–Crippen MR) is 299 cm³/mol. The Morgan fingerprint density at radius 3 is 2.10 bits per heavy atom. The molecule has 0 radical (unpaired) electrons. The molecule has 22 nitrogen and oxygen atoms in total. The first-order chi connectivity index (χ1) is 37.1. The SMILES string of the molecule is CCCCC/C=C\C\C=C/C=C/C=C/[C@@H](SC[C@H](N)C(=O)OC[C@H](COP(=O)(O)OP(=O)(O)OC[C@H]1O[C@@H](n2ccc(N)nc2=O)[C@H](O)[C@@H]1O)OC(=O)CCCCCCCCCCCCCCC(C)C)[C@@H](O)CCCC(=O)O. The summed E-state index contributed by atoms with van der Waals surface area (Å²) >= 11 is 1.12. The van der Waals surface area contributed by atoms with Crippen LogP contribution in [-0.2, 0) is 51.1 Å². The summed E-state index contributed by atoms with van der Waals surface area (Å²) < 4.78 is 57.1. The van der Waals surface area contributed by atoms with Crippen molar-refractivity contribution in [3.05, 3.63) is 71.4 Å². The fourth-order valence-corrected chi connectivity index (χ4v) is 11.2. The van der Waals surface area contributed by atoms with Crippen LogP contribution < -0.4 is 17.2 Å². The minimum absolute atomic E-state index is 0.0514. The Bertz CT molecular complexity index is 2150. The standard InChI is InChI=1S/C53H90N4O18P2S/c1-4-5-6-7-8-9-10-14-17-20-23-26-31-45(43(58)30-28-32-47(59)60)78-39-42(54)52(64)70-36-41(73-48(61)33-27-24-21-18-15-12-11-13-16-19-22-25-29-40(2)3)37-71-76(66,67)75-77(68,69)72-38-44-49(62)50(63)51(74-44)57-35-34-46(55)56-53(57)65/h8-9,14,17,20,23,26,31,34-35,40-45,49-51,58,62-63H,4-7,10-13,15-16,18-19,21-22,24-25,27-30,32-33,36-39,54H2,1-3H3,(H,59,60)(H,66,67)(H,68,69)(H2,55,56,65)/b9-8-,17-14-,23-20+,31-26+/t41-,42+,43+,44-,45-,49-,50-,51-/m1/s1. The molecule has 1 aromatic rings. The van der Waals surface area contributed by atoms with E-state index in [0.717, 1.165) is 79.8 Å². The van der Waals surface area contributed by atoms with Crippen molar-refractivity contribution in [3.8, 4) is 0 Å². The van der Waals surface area contributed by atoms with Gasteiger partial charge in [-0.25, -0.2) is 13.9 Å². The maximum atomic E-state index is 13.2. The number of aliphatic hydroxyl groups is 3. The van der Waals surface area contributed by atoms with Crippen LogP contribution >= 0.6 is 27.4 Å². The van der Waals surface area contributed by atoms with Gasteiger partial charge < -0.3 is 55.9 Å². The molecule has 0 spiro atoms. The van der Waals surface area contributed by atoms with Gasteiger partial charge in [0.15, 0.2) is 12.3 Å². The van der Waals surface area contributed by atoms with Crippen molar-refractivity contribution in [2.75, 3.05) is 31.3 Å². The molecule has 1 fully saturated rings. The van der Waals surface area contributed by atoms with Crippen molar-refractivity contribution >= 4 is 51.1 Å². The average molecular weight is 1170 g/mol. The molecule has 446 valence electrons. The second kappa shape index (κ2) is 40.6. The third-order valence-electron chi connectivity index (χ3n) is 12.3. The molecule has 2 unspecified atom stereocenters. The largest absolute Gasteiger partial charge is 0.481 e. The molecule has 2 rings (SSSR count). The lowest BCUT2D eigenvalue weighted by atomic mass is 10.0. The Kier molecular flexibility index (Phi) is 36.7. The monoisotopic (exact) mass is 1160 g/mol. The highest BCUT2D eigenvalue weighted by molar-refractivity contribution is 8.00. The topological polar surface area (TPSA) is 349 Å². The first-order valence-electron chi connectivity index (χ1n) is 27.4. The number of unbranched alkanes of at least 4 members (excludes halogenated alkanes) is 14. The van der Waals surface area contributed by atoms with Crippen molar-refractivity contribution in [1.82, 2.24) is 9.55 Å². The zero-order chi connectivity index (χ0) is 57.8. The molecule has 1 saturated heterocycles. The van der Waals surface area contributed by atoms with E-state index in [-0.39, 0.29) is 37.3 Å². The summed E-state index contributed by atoms with van der Waals surface area (Å²) in [5.41, 5.74) is 10.8. The van der Waals surface area contributed by atoms with Gasteiger partial charge in [-0.2, -0.15) is 9.29 Å². The van der Waals surface area contributed by atoms with Gasteiger partial charge in [-0.15, -0.1) is 11.8 Å². The smallest absolute Gasteiger partial charge is 0.481 e. The number of aromatic nitrogens is 2. The van der Waals surface area contributed by atoms with E-state index in [2.05, 4.69) is 42.2 Å². The minimum Gasteiger partial charge on any atom is -0.481 e. The maximum absolute atomic E-state index is 13.2. The number of thioether (sulfide) groups is 1. The molecule has 10 N–H and O–H groups in total. The van der Waals surface area contributed by atoms with Crippen molar-refractivity contribution in [1.29, 1.82) is 0 Å². The molecule has 0 saturated carbocycles. The van der Waals surface area contributed by atoms with Crippen LogP contribution in [0.5, 0.6) is 0 Å². The fraction of sp³-hybridized carbons (Fsp3) is 0.717. The molecule has 0 amide bonds. The number of esters is 2. The third-order valence-corrected chi connectivity index (χ3v) is 16.4. The van der Waals surface area contributed by atoms with E-state index in [1.807, 2.05) is 18.2 Å². The number of carbonyl (C=O) groups is 3. The lowest BCUT2D eigenvalue weighted by Gasteiger charge is -2.23. The number of anilines is 1. The number of aliphatic hydroxyl groups excluding tert-OH is 3. The summed E-state index contributed by atoms with van der Waals surface area (Å²) in [5.74, 6) is -2.20. The van der Waals surface area contributed by atoms with E-state index >= 15 is 0 Å². The Morgan fingerprint density at radius 2 is 1.46 bits per heavy atom. The Hall–Kier alpha value is -3.54. The predicted octanol–water partition coefficient (Wildman–Crippen LogP) is 8.51. The average Bonchev–Trinajstić information content (AvgIpc) is 3.65. The second-order valence-corrected chi connectivity index (χ2v) is 24.0. The molecular formula is C53H90N4O18P2S. The van der Waals surface area contributed by atoms with Crippen LogP contribution in [0.1, 0.15) is 168 Å². The van der Waals surface area contributed by atoms with E-state index in [1.165, 1.54) is 63.9 Å². The van der Waals surface area contributed by atoms with Gasteiger partial charge in [0, 0.05) is 30.0 Å². The molecule has 1 aromatic heterocycles. The number of ether oxygens (including phenoxy) is 3. The van der Waals surface area contributed by atoms with E-state index in [4.69, 9.17) is 39.8 Å². The number of nitrogens with two attached hydrogens (primary N) is 2. The van der Waals surface area contributed by atoms with Crippen LogP contribution in [0, 0.1) is 5.92 Å². The number of rotatable bonds is 45. The van der Waals surface area contributed by atoms with Gasteiger partial charge in [0.05, 0.1) is 19.3 Å². The highest BCUT2D eigenvalue weighted by Gasteiger charge is 2.46. The molecule has 10 atom stereocenters. The van der Waals surface area contributed by atoms with Crippen molar-refractivity contribution in [2.24, 2.45) is 11.7 Å². The summed E-state index contributed by atoms with van der Waals surface area (Å²) in [4.78, 5) is 74.0. The van der Waals surface area contributed by atoms with Crippen LogP contribution in [0.3, 0.4) is 0 Å². The number of phosphoric acid groups is 2. The molecule has 1 aliphatic rings. The number of carboxylic acids is 1. The van der Waals surface area contributed by atoms with Crippen LogP contribution in [0.4, 0.5) is 5.82 Å². The summed E-state index contributed by atoms with van der Waals surface area (Å²) in [6.07, 6.45) is 26.7. The molecular weight excluding hydrogens is 1070 g/mol. The van der Waals surface area contributed by atoms with Crippen LogP contribution in [0.2, 0.25) is 0 Å². The number of carboxylic acid groups (broad SMARTS) is 1. The van der Waals surface area contributed by atoms with Crippen molar-refractivity contribution < 1.29 is 81.3 Å². The summed E-state index contributed by atoms with van der Waals surface area (Å²) in [6, 6.07) is -0.0720. The lowest BCUT2D eigenvalue weighted by molar-refractivity contribution is -0.161. The number of carbonyl (C=O) groups excluding carboxylic acids is 2. The molecule has 0 bridgehead atoms. The quantitative estimate of drug-likeness (QED) is 0.00997. The Balaban J connectivity index is 2.04. The first kappa shape index (κ1) is 70.6. The third kappa shape index (κ3) is 32.6. The highest BCUT2D eigenvalue weighted by atomic mass is 32.2. The molecule has 25 heteroatoms. The second-order valence-electron chi connectivity index (χ2n) is 19.8. The van der Waals surface area contributed by atoms with Gasteiger partial charge in [-0.05, 0) is 50.5 Å².